The molecular weight excluding hydrogens is 372 g/mol. The zero-order chi connectivity index (χ0) is 18.1. The highest BCUT2D eigenvalue weighted by Gasteiger charge is 2.22. The van der Waals surface area contributed by atoms with Crippen LogP contribution in [0.1, 0.15) is 29.1 Å². The lowest BCUT2D eigenvalue weighted by Gasteiger charge is -2.26. The summed E-state index contributed by atoms with van der Waals surface area (Å²) in [6, 6.07) is 0. The van der Waals surface area contributed by atoms with Crippen LogP contribution in [0.2, 0.25) is 0 Å². The van der Waals surface area contributed by atoms with E-state index in [0.717, 1.165) is 29.5 Å². The van der Waals surface area contributed by atoms with Gasteiger partial charge in [-0.3, -0.25) is 14.4 Å². The molecule has 26 heavy (non-hydrogen) atoms. The normalized spacial score (nSPS) is 16.8. The van der Waals surface area contributed by atoms with Crippen molar-refractivity contribution in [3.8, 4) is 0 Å². The topological polar surface area (TPSA) is 95.2 Å². The first-order valence-electron chi connectivity index (χ1n) is 8.77. The van der Waals surface area contributed by atoms with Crippen molar-refractivity contribution in [2.24, 2.45) is 0 Å². The smallest absolute Gasteiger partial charge is 0.259 e. The van der Waals surface area contributed by atoms with Gasteiger partial charge in [-0.1, -0.05) is 0 Å². The molecule has 2 aromatic rings. The lowest BCUT2D eigenvalue weighted by molar-refractivity contribution is -0.137. The Morgan fingerprint density at radius 2 is 2.19 bits per heavy atom. The number of nitrogens with zero attached hydrogens (tertiary/aromatic N) is 2. The maximum absolute atomic E-state index is 12.4. The Labute approximate surface area is 158 Å². The second-order valence-corrected chi connectivity index (χ2v) is 8.71. The Balaban J connectivity index is 1.33. The van der Waals surface area contributed by atoms with Gasteiger partial charge in [0.2, 0.25) is 11.8 Å². The molecule has 9 heteroatoms. The largest absolute Gasteiger partial charge is 0.353 e. The van der Waals surface area contributed by atoms with E-state index < -0.39 is 0 Å². The van der Waals surface area contributed by atoms with Gasteiger partial charge in [0.15, 0.2) is 0 Å². The first-order valence-corrected chi connectivity index (χ1v) is 10.7. The number of nitrogens with one attached hydrogen (secondary N) is 2. The molecule has 0 radical (unpaired) electrons. The molecule has 2 amide bonds. The number of H-pyrrole nitrogens is 1. The predicted molar refractivity (Wildman–Crippen MR) is 103 cm³/mol. The standard InChI is InChI=1S/C17H20N4O3S2/c22-13-8-21(6-5-18-13)14(23)4-7-25-9-12-19-16(24)15-10-2-1-3-11(10)26-17(15)20-12/h1-9H2,(H,18,22)(H,19,20,24). The lowest BCUT2D eigenvalue weighted by atomic mass is 10.2. The van der Waals surface area contributed by atoms with E-state index in [1.54, 1.807) is 28.0 Å². The van der Waals surface area contributed by atoms with Crippen LogP contribution < -0.4 is 10.9 Å². The molecule has 2 N–H and O–H groups in total. The molecule has 2 aromatic heterocycles. The quantitative estimate of drug-likeness (QED) is 0.742. The number of hydrogen-bond donors (Lipinski definition) is 2. The molecule has 0 atom stereocenters. The summed E-state index contributed by atoms with van der Waals surface area (Å²) in [5.41, 5.74) is 1.15. The van der Waals surface area contributed by atoms with Gasteiger partial charge in [-0.05, 0) is 24.8 Å². The Morgan fingerprint density at radius 1 is 1.31 bits per heavy atom. The van der Waals surface area contributed by atoms with E-state index in [1.807, 2.05) is 0 Å². The summed E-state index contributed by atoms with van der Waals surface area (Å²) in [5, 5.41) is 3.48. The van der Waals surface area contributed by atoms with E-state index in [0.29, 0.717) is 36.8 Å². The number of aryl methyl sites for hydroxylation is 2. The van der Waals surface area contributed by atoms with E-state index in [9.17, 15) is 14.4 Å². The van der Waals surface area contributed by atoms with Crippen molar-refractivity contribution in [1.82, 2.24) is 20.2 Å². The molecule has 138 valence electrons. The zero-order valence-corrected chi connectivity index (χ0v) is 15.9. The minimum Gasteiger partial charge on any atom is -0.353 e. The van der Waals surface area contributed by atoms with Gasteiger partial charge in [-0.15, -0.1) is 11.3 Å². The highest BCUT2D eigenvalue weighted by atomic mass is 32.2. The molecule has 0 spiro atoms. The number of aromatic nitrogens is 2. The highest BCUT2D eigenvalue weighted by Crippen LogP contribution is 2.34. The third kappa shape index (κ3) is 3.50. The van der Waals surface area contributed by atoms with E-state index in [2.05, 4.69) is 15.3 Å². The maximum atomic E-state index is 12.4. The van der Waals surface area contributed by atoms with Crippen LogP contribution in [0, 0.1) is 0 Å². The molecule has 0 saturated carbocycles. The molecular formula is C17H20N4O3S2. The van der Waals surface area contributed by atoms with Crippen molar-refractivity contribution in [2.75, 3.05) is 25.4 Å². The number of amides is 2. The van der Waals surface area contributed by atoms with Gasteiger partial charge in [0, 0.05) is 30.1 Å². The van der Waals surface area contributed by atoms with Crippen LogP contribution >= 0.6 is 23.1 Å². The fourth-order valence-electron chi connectivity index (χ4n) is 3.45. The zero-order valence-electron chi connectivity index (χ0n) is 14.3. The van der Waals surface area contributed by atoms with Gasteiger partial charge in [0.05, 0.1) is 17.7 Å². The molecule has 1 saturated heterocycles. The van der Waals surface area contributed by atoms with Crippen LogP contribution in [-0.4, -0.2) is 52.1 Å². The van der Waals surface area contributed by atoms with E-state index in [1.165, 1.54) is 10.4 Å². The van der Waals surface area contributed by atoms with E-state index in [-0.39, 0.29) is 23.9 Å². The molecule has 3 heterocycles. The number of fused-ring (bicyclic) bond motifs is 3. The molecule has 1 fully saturated rings. The Morgan fingerprint density at radius 3 is 3.04 bits per heavy atom. The van der Waals surface area contributed by atoms with Gasteiger partial charge in [-0.25, -0.2) is 4.98 Å². The maximum Gasteiger partial charge on any atom is 0.259 e. The summed E-state index contributed by atoms with van der Waals surface area (Å²) in [7, 11) is 0. The summed E-state index contributed by atoms with van der Waals surface area (Å²) in [6.45, 7) is 1.25. The van der Waals surface area contributed by atoms with Gasteiger partial charge in [-0.2, -0.15) is 11.8 Å². The number of piperazine rings is 1. The lowest BCUT2D eigenvalue weighted by Crippen LogP contribution is -2.50. The molecule has 4 rings (SSSR count). The Kier molecular flexibility index (Phi) is 4.99. The predicted octanol–water partition coefficient (Wildman–Crippen LogP) is 1.05. The van der Waals surface area contributed by atoms with Crippen LogP contribution in [0.25, 0.3) is 10.2 Å². The van der Waals surface area contributed by atoms with Gasteiger partial charge < -0.3 is 15.2 Å². The van der Waals surface area contributed by atoms with Crippen LogP contribution in [0.5, 0.6) is 0 Å². The Hall–Kier alpha value is -1.87. The number of rotatable bonds is 5. The summed E-state index contributed by atoms with van der Waals surface area (Å²) in [5.74, 6) is 1.77. The van der Waals surface area contributed by atoms with Crippen molar-refractivity contribution < 1.29 is 9.59 Å². The van der Waals surface area contributed by atoms with Crippen LogP contribution in [0.15, 0.2) is 4.79 Å². The summed E-state index contributed by atoms with van der Waals surface area (Å²) in [6.07, 6.45) is 3.54. The first-order chi connectivity index (χ1) is 12.6. The number of aromatic amines is 1. The second kappa shape index (κ2) is 7.40. The number of hydrogen-bond acceptors (Lipinski definition) is 6. The summed E-state index contributed by atoms with van der Waals surface area (Å²) in [4.78, 5) is 47.1. The molecule has 0 bridgehead atoms. The molecule has 1 aliphatic carbocycles. The summed E-state index contributed by atoms with van der Waals surface area (Å²) >= 11 is 3.21. The third-order valence-electron chi connectivity index (χ3n) is 4.71. The van der Waals surface area contributed by atoms with Crippen molar-refractivity contribution in [1.29, 1.82) is 0 Å². The highest BCUT2D eigenvalue weighted by molar-refractivity contribution is 7.98. The van der Waals surface area contributed by atoms with Gasteiger partial charge >= 0.3 is 0 Å². The van der Waals surface area contributed by atoms with Gasteiger partial charge in [0.25, 0.3) is 5.56 Å². The van der Waals surface area contributed by atoms with Crippen molar-refractivity contribution >= 4 is 45.1 Å². The summed E-state index contributed by atoms with van der Waals surface area (Å²) < 4.78 is 0. The average molecular weight is 393 g/mol. The fraction of sp³-hybridized carbons (Fsp3) is 0.529. The number of thiophene rings is 1. The van der Waals surface area contributed by atoms with Gasteiger partial charge in [0.1, 0.15) is 10.7 Å². The van der Waals surface area contributed by atoms with Crippen LogP contribution in [0.4, 0.5) is 0 Å². The van der Waals surface area contributed by atoms with Crippen molar-refractivity contribution in [3.05, 3.63) is 26.6 Å². The number of carbonyl (C=O) groups is 2. The minimum atomic E-state index is -0.102. The van der Waals surface area contributed by atoms with Crippen LogP contribution in [-0.2, 0) is 28.2 Å². The van der Waals surface area contributed by atoms with Crippen molar-refractivity contribution in [3.63, 3.8) is 0 Å². The molecule has 0 unspecified atom stereocenters. The molecule has 2 aliphatic rings. The minimum absolute atomic E-state index is 0.000984. The second-order valence-electron chi connectivity index (χ2n) is 6.52. The van der Waals surface area contributed by atoms with Crippen LogP contribution in [0.3, 0.4) is 0 Å². The van der Waals surface area contributed by atoms with E-state index in [4.69, 9.17) is 0 Å². The monoisotopic (exact) mass is 392 g/mol. The third-order valence-corrected chi connectivity index (χ3v) is 6.87. The Bertz CT molecular complexity index is 921. The van der Waals surface area contributed by atoms with Crippen molar-refractivity contribution in [2.45, 2.75) is 31.4 Å². The molecule has 7 nitrogen and oxygen atoms in total. The molecule has 0 aromatic carbocycles. The fourth-order valence-corrected chi connectivity index (χ4v) is 5.53. The first kappa shape index (κ1) is 17.5. The van der Waals surface area contributed by atoms with E-state index >= 15 is 0 Å². The average Bonchev–Trinajstić information content (AvgIpc) is 3.19. The number of carbonyl (C=O) groups excluding carboxylic acids is 2. The molecule has 1 aliphatic heterocycles. The number of thioether (sulfide) groups is 1. The SMILES string of the molecule is O=C1CN(C(=O)CCSCc2nc3sc4c(c3c(=O)[nH]2)CCC4)CCN1.